The molecule has 2 unspecified atom stereocenters. The summed E-state index contributed by atoms with van der Waals surface area (Å²) in [6.07, 6.45) is 6.94. The molecule has 3 heterocycles. The average Bonchev–Trinajstić information content (AvgIpc) is 3.59. The van der Waals surface area contributed by atoms with E-state index in [4.69, 9.17) is 0 Å². The minimum Gasteiger partial charge on any atom is -0.790 e. The highest BCUT2D eigenvalue weighted by molar-refractivity contribution is 7.43. The quantitative estimate of drug-likeness (QED) is 0.428. The van der Waals surface area contributed by atoms with Crippen molar-refractivity contribution in [3.05, 3.63) is 53.6 Å². The molecule has 3 aliphatic rings. The van der Waals surface area contributed by atoms with Gasteiger partial charge in [-0.25, -0.2) is 9.07 Å². The zero-order chi connectivity index (χ0) is 23.2. The van der Waals surface area contributed by atoms with Crippen LogP contribution in [0.5, 0.6) is 0 Å². The van der Waals surface area contributed by atoms with Crippen molar-refractivity contribution in [2.24, 2.45) is 17.8 Å². The lowest BCUT2D eigenvalue weighted by molar-refractivity contribution is -0.344. The second-order valence-electron chi connectivity index (χ2n) is 9.70. The zero-order valence-electron chi connectivity index (χ0n) is 18.0. The first kappa shape index (κ1) is 20.6. The van der Waals surface area contributed by atoms with Crippen LogP contribution < -0.4 is 15.1 Å². The normalized spacial score (nSPS) is 27.8. The van der Waals surface area contributed by atoms with Crippen LogP contribution in [-0.2, 0) is 15.8 Å². The Hall–Kier alpha value is -2.78. The maximum absolute atomic E-state index is 15.3. The number of nitrogens with zero attached hydrogens (tertiary/aromatic N) is 3. The maximum atomic E-state index is 15.3. The fourth-order valence-corrected chi connectivity index (χ4v) is 7.15. The molecule has 4 aromatic rings. The second kappa shape index (κ2) is 7.11. The summed E-state index contributed by atoms with van der Waals surface area (Å²) in [6, 6.07) is 7.27. The molecule has 0 radical (unpaired) electrons. The topological polar surface area (TPSA) is 131 Å². The van der Waals surface area contributed by atoms with Gasteiger partial charge in [0.1, 0.15) is 12.5 Å². The third-order valence-corrected chi connectivity index (χ3v) is 8.53. The molecule has 0 saturated heterocycles. The summed E-state index contributed by atoms with van der Waals surface area (Å²) in [5.74, 6) is 1.45. The zero-order valence-corrected chi connectivity index (χ0v) is 18.9. The van der Waals surface area contributed by atoms with Crippen LogP contribution in [0.1, 0.15) is 42.3 Å². The smallest absolute Gasteiger partial charge is 0.148 e. The number of aromatic amines is 1. The third kappa shape index (κ3) is 2.99. The van der Waals surface area contributed by atoms with Crippen LogP contribution >= 0.6 is 7.82 Å². The van der Waals surface area contributed by atoms with Crippen molar-refractivity contribution in [2.45, 2.75) is 38.0 Å². The molecule has 2 aliphatic carbocycles. The molecule has 2 aromatic heterocycles. The number of rotatable bonds is 4. The summed E-state index contributed by atoms with van der Waals surface area (Å²) >= 11 is 0. The molecule has 7 rings (SSSR count). The number of fused-ring (bicyclic) bond motifs is 10. The fourth-order valence-electron chi connectivity index (χ4n) is 6.90. The van der Waals surface area contributed by atoms with Crippen molar-refractivity contribution < 1.29 is 23.3 Å². The van der Waals surface area contributed by atoms with Crippen LogP contribution in [0.15, 0.2) is 36.7 Å². The van der Waals surface area contributed by atoms with Crippen molar-refractivity contribution in [3.8, 4) is 0 Å². The lowest BCUT2D eigenvalue weighted by atomic mass is 9.67. The van der Waals surface area contributed by atoms with Crippen LogP contribution in [0.25, 0.3) is 21.8 Å². The van der Waals surface area contributed by atoms with Crippen molar-refractivity contribution in [2.75, 3.05) is 5.32 Å². The van der Waals surface area contributed by atoms with Gasteiger partial charge in [-0.05, 0) is 66.2 Å². The summed E-state index contributed by atoms with van der Waals surface area (Å²) < 4.78 is 31.9. The van der Waals surface area contributed by atoms with Gasteiger partial charge in [0.05, 0.1) is 43.0 Å². The van der Waals surface area contributed by atoms with E-state index in [2.05, 4.69) is 25.1 Å². The summed E-state index contributed by atoms with van der Waals surface area (Å²) in [5, 5.41) is 16.6. The molecule has 0 amide bonds. The van der Waals surface area contributed by atoms with E-state index >= 15 is 4.39 Å². The maximum Gasteiger partial charge on any atom is 0.148 e. The van der Waals surface area contributed by atoms with E-state index in [0.717, 1.165) is 33.8 Å². The number of phosphoric ester groups is 1. The molecule has 5 atom stereocenters. The van der Waals surface area contributed by atoms with Crippen LogP contribution in [0, 0.1) is 23.6 Å². The van der Waals surface area contributed by atoms with Crippen LogP contribution in [0.3, 0.4) is 0 Å². The minimum absolute atomic E-state index is 0.0563. The van der Waals surface area contributed by atoms with Crippen molar-refractivity contribution in [1.29, 1.82) is 0 Å². The van der Waals surface area contributed by atoms with Crippen LogP contribution in [0.4, 0.5) is 10.1 Å². The Morgan fingerprint density at radius 3 is 2.91 bits per heavy atom. The lowest BCUT2D eigenvalue weighted by Gasteiger charge is -2.43. The van der Waals surface area contributed by atoms with Crippen molar-refractivity contribution >= 4 is 35.3 Å². The highest BCUT2D eigenvalue weighted by Crippen LogP contribution is 2.64. The average molecular weight is 481 g/mol. The van der Waals surface area contributed by atoms with Gasteiger partial charge >= 0.3 is 0 Å². The first-order chi connectivity index (χ1) is 16.4. The highest BCUT2D eigenvalue weighted by Gasteiger charge is 2.54. The SMILES string of the molecule is O=P([O-])([O-])OCn1ncc2cc([C@@H]3Nc4c(F)cc5[nH]ncc5c4[C@H]4C5CCC(C5)[C@@H]34)ccc21. The number of aromatic nitrogens is 4. The van der Waals surface area contributed by atoms with E-state index in [9.17, 15) is 14.4 Å². The molecule has 2 N–H and O–H groups in total. The van der Waals surface area contributed by atoms with Gasteiger partial charge in [0.2, 0.25) is 0 Å². The van der Waals surface area contributed by atoms with E-state index < -0.39 is 14.6 Å². The molecule has 0 spiro atoms. The van der Waals surface area contributed by atoms with E-state index in [0.29, 0.717) is 29.0 Å². The summed E-state index contributed by atoms with van der Waals surface area (Å²) in [7, 11) is -5.10. The van der Waals surface area contributed by atoms with E-state index in [1.165, 1.54) is 23.6 Å². The molecule has 2 bridgehead atoms. The van der Waals surface area contributed by atoms with Crippen molar-refractivity contribution in [3.63, 3.8) is 0 Å². The number of H-pyrrole nitrogens is 1. The molecule has 176 valence electrons. The Morgan fingerprint density at radius 2 is 2.06 bits per heavy atom. The molecule has 9 nitrogen and oxygen atoms in total. The number of benzene rings is 2. The Balaban J connectivity index is 1.31. The monoisotopic (exact) mass is 481 g/mol. The molecule has 2 fully saturated rings. The number of halogens is 1. The summed E-state index contributed by atoms with van der Waals surface area (Å²) in [6.45, 7) is -0.470. The number of hydrogen-bond donors (Lipinski definition) is 2. The van der Waals surface area contributed by atoms with E-state index in [1.54, 1.807) is 6.20 Å². The molecule has 1 aliphatic heterocycles. The molecule has 34 heavy (non-hydrogen) atoms. The first-order valence-electron chi connectivity index (χ1n) is 11.4. The van der Waals surface area contributed by atoms with Gasteiger partial charge in [0.15, 0.2) is 0 Å². The van der Waals surface area contributed by atoms with Gasteiger partial charge in [0, 0.05) is 16.8 Å². The lowest BCUT2D eigenvalue weighted by Crippen LogP contribution is -2.36. The van der Waals surface area contributed by atoms with E-state index in [1.807, 2.05) is 24.4 Å². The van der Waals surface area contributed by atoms with Gasteiger partial charge in [-0.2, -0.15) is 10.2 Å². The fraction of sp³-hybridized carbons (Fsp3) is 0.391. The summed E-state index contributed by atoms with van der Waals surface area (Å²) in [5.41, 5.74) is 4.05. The largest absolute Gasteiger partial charge is 0.790 e. The minimum atomic E-state index is -5.10. The third-order valence-electron chi connectivity index (χ3n) is 8.10. The Kier molecular flexibility index (Phi) is 4.31. The van der Waals surface area contributed by atoms with Crippen LogP contribution in [0.2, 0.25) is 0 Å². The predicted octanol–water partition coefficient (Wildman–Crippen LogP) is 3.15. The van der Waals surface area contributed by atoms with Gasteiger partial charge in [-0.15, -0.1) is 0 Å². The van der Waals surface area contributed by atoms with E-state index in [-0.39, 0.29) is 17.8 Å². The summed E-state index contributed by atoms with van der Waals surface area (Å²) in [4.78, 5) is 21.7. The van der Waals surface area contributed by atoms with Crippen LogP contribution in [-0.4, -0.2) is 20.0 Å². The van der Waals surface area contributed by atoms with Gasteiger partial charge in [-0.3, -0.25) is 5.10 Å². The number of hydrogen-bond acceptors (Lipinski definition) is 7. The standard InChI is InChI=1S/C23H23FN5O4P/c24-16-7-17-15(9-25-28-17)21-19-11-1-2-12(5-11)20(19)22(27-23(16)21)13-3-4-18-14(6-13)8-26-29(18)10-33-34(30,31)32/h3-4,6-9,11-12,19-20,22,27H,1-2,5,10H2,(H,25,28)(H2,30,31,32)/p-2/t11?,12?,19-,20+,22-/m0/s1. The number of nitrogens with one attached hydrogen (secondary N) is 2. The van der Waals surface area contributed by atoms with Gasteiger partial charge in [0.25, 0.3) is 0 Å². The van der Waals surface area contributed by atoms with Gasteiger partial charge < -0.3 is 24.2 Å². The molecule has 2 aromatic carbocycles. The first-order valence-corrected chi connectivity index (χ1v) is 12.9. The predicted molar refractivity (Wildman–Crippen MR) is 118 cm³/mol. The molecule has 2 saturated carbocycles. The highest BCUT2D eigenvalue weighted by atomic mass is 31.2. The number of anilines is 1. The molecular weight excluding hydrogens is 460 g/mol. The Bertz CT molecular complexity index is 1500. The van der Waals surface area contributed by atoms with Gasteiger partial charge in [-0.1, -0.05) is 6.07 Å². The molecular formula is C23H21FN5O4P-2. The van der Waals surface area contributed by atoms with Crippen molar-refractivity contribution in [1.82, 2.24) is 20.0 Å². The Labute approximate surface area is 193 Å². The molecule has 11 heteroatoms. The number of phosphoric acid groups is 1. The second-order valence-corrected chi connectivity index (χ2v) is 10.9. The Morgan fingerprint density at radius 1 is 1.21 bits per heavy atom.